The molecule has 1 aromatic carbocycles. The molecule has 0 saturated carbocycles. The molecule has 108 valence electrons. The third kappa shape index (κ3) is 1.37. The fourth-order valence-electron chi connectivity index (χ4n) is 3.87. The van der Waals surface area contributed by atoms with Gasteiger partial charge in [0.2, 0.25) is 11.8 Å². The Morgan fingerprint density at radius 1 is 1.14 bits per heavy atom. The number of carbonyl (C=O) groups is 2. The zero-order valence-electron chi connectivity index (χ0n) is 11.5. The van der Waals surface area contributed by atoms with Crippen LogP contribution in [-0.4, -0.2) is 34.7 Å². The van der Waals surface area contributed by atoms with Crippen molar-refractivity contribution in [3.63, 3.8) is 0 Å². The van der Waals surface area contributed by atoms with Gasteiger partial charge in [0.05, 0.1) is 29.7 Å². The van der Waals surface area contributed by atoms with E-state index < -0.39 is 23.0 Å². The number of imide groups is 1. The van der Waals surface area contributed by atoms with Crippen LogP contribution >= 0.6 is 0 Å². The Kier molecular flexibility index (Phi) is 2.31. The van der Waals surface area contributed by atoms with E-state index in [2.05, 4.69) is 0 Å². The number of aliphatic hydroxyl groups is 1. The molecule has 0 radical (unpaired) electrons. The number of rotatable bonds is 2. The number of fused-ring (bicyclic) bond motifs is 5. The molecule has 21 heavy (non-hydrogen) atoms. The maximum absolute atomic E-state index is 12.8. The van der Waals surface area contributed by atoms with Crippen molar-refractivity contribution in [2.75, 3.05) is 11.5 Å². The topological polar surface area (TPSA) is 66.8 Å². The lowest BCUT2D eigenvalue weighted by Gasteiger charge is -2.26. The highest BCUT2D eigenvalue weighted by Crippen LogP contribution is 2.57. The summed E-state index contributed by atoms with van der Waals surface area (Å²) >= 11 is 0. The summed E-state index contributed by atoms with van der Waals surface area (Å²) in [5.74, 6) is -1.76. The number of para-hydroxylation sites is 1. The predicted molar refractivity (Wildman–Crippen MR) is 74.4 cm³/mol. The molecule has 1 N–H and O–H groups in total. The predicted octanol–water partition coefficient (Wildman–Crippen LogP) is 0.882. The second-order valence-electron chi connectivity index (χ2n) is 6.04. The van der Waals surface area contributed by atoms with Crippen LogP contribution in [0.25, 0.3) is 0 Å². The van der Waals surface area contributed by atoms with E-state index in [0.29, 0.717) is 5.69 Å². The van der Waals surface area contributed by atoms with Gasteiger partial charge in [0.1, 0.15) is 5.60 Å². The SMILES string of the molecule is C[C@@]12C=C[C@](CO)(O1)[C@H]1C(=O)N(c3ccccc3)C(=O)[C@H]12. The van der Waals surface area contributed by atoms with Gasteiger partial charge in [0.25, 0.3) is 0 Å². The number of hydrogen-bond acceptors (Lipinski definition) is 4. The molecule has 2 fully saturated rings. The molecule has 0 aromatic heterocycles. The van der Waals surface area contributed by atoms with Gasteiger partial charge in [0.15, 0.2) is 0 Å². The van der Waals surface area contributed by atoms with Crippen molar-refractivity contribution >= 4 is 17.5 Å². The van der Waals surface area contributed by atoms with Gasteiger partial charge in [-0.1, -0.05) is 30.4 Å². The maximum Gasteiger partial charge on any atom is 0.241 e. The molecule has 1 aromatic rings. The summed E-state index contributed by atoms with van der Waals surface area (Å²) in [5, 5.41) is 9.71. The van der Waals surface area contributed by atoms with Crippen molar-refractivity contribution in [1.29, 1.82) is 0 Å². The monoisotopic (exact) mass is 285 g/mol. The van der Waals surface area contributed by atoms with E-state index >= 15 is 0 Å². The van der Waals surface area contributed by atoms with Gasteiger partial charge < -0.3 is 9.84 Å². The van der Waals surface area contributed by atoms with Gasteiger partial charge in [0, 0.05) is 0 Å². The molecule has 0 unspecified atom stereocenters. The summed E-state index contributed by atoms with van der Waals surface area (Å²) in [6.45, 7) is 1.49. The lowest BCUT2D eigenvalue weighted by molar-refractivity contribution is -0.131. The van der Waals surface area contributed by atoms with E-state index in [0.717, 1.165) is 0 Å². The Labute approximate surface area is 121 Å². The third-order valence-corrected chi connectivity index (χ3v) is 4.82. The summed E-state index contributed by atoms with van der Waals surface area (Å²) in [4.78, 5) is 26.8. The molecule has 3 heterocycles. The first-order chi connectivity index (χ1) is 10.0. The van der Waals surface area contributed by atoms with Crippen molar-refractivity contribution in [3.05, 3.63) is 42.5 Å². The number of amides is 2. The first-order valence-corrected chi connectivity index (χ1v) is 6.97. The Balaban J connectivity index is 1.83. The van der Waals surface area contributed by atoms with E-state index in [9.17, 15) is 14.7 Å². The standard InChI is InChI=1S/C16H15NO4/c1-15-7-8-16(9-18,21-15)12-11(15)13(19)17(14(12)20)10-5-3-2-4-6-10/h2-8,11-12,18H,9H2,1H3/t11-,12+,15-,16+/m0/s1. The minimum absolute atomic E-state index is 0.252. The van der Waals surface area contributed by atoms with Crippen molar-refractivity contribution in [2.45, 2.75) is 18.1 Å². The van der Waals surface area contributed by atoms with Crippen LogP contribution in [0.2, 0.25) is 0 Å². The molecule has 0 spiro atoms. The zero-order chi connectivity index (χ0) is 14.8. The smallest absolute Gasteiger partial charge is 0.241 e. The first-order valence-electron chi connectivity index (χ1n) is 6.97. The van der Waals surface area contributed by atoms with Gasteiger partial charge in [-0.05, 0) is 19.1 Å². The molecule has 2 amide bonds. The molecule has 5 nitrogen and oxygen atoms in total. The maximum atomic E-state index is 12.8. The molecule has 2 bridgehead atoms. The van der Waals surface area contributed by atoms with Gasteiger partial charge in [-0.25, -0.2) is 4.90 Å². The van der Waals surface area contributed by atoms with Crippen LogP contribution in [0.1, 0.15) is 6.92 Å². The van der Waals surface area contributed by atoms with Gasteiger partial charge in [-0.2, -0.15) is 0 Å². The van der Waals surface area contributed by atoms with E-state index in [-0.39, 0.29) is 18.4 Å². The lowest BCUT2D eigenvalue weighted by atomic mass is 9.73. The highest BCUT2D eigenvalue weighted by molar-refractivity contribution is 6.23. The van der Waals surface area contributed by atoms with Crippen molar-refractivity contribution < 1.29 is 19.4 Å². The van der Waals surface area contributed by atoms with Gasteiger partial charge in [-0.15, -0.1) is 0 Å². The largest absolute Gasteiger partial charge is 0.393 e. The molecule has 0 aliphatic carbocycles. The molecule has 3 aliphatic rings. The fraction of sp³-hybridized carbons (Fsp3) is 0.375. The highest BCUT2D eigenvalue weighted by Gasteiger charge is 2.72. The van der Waals surface area contributed by atoms with Crippen molar-refractivity contribution in [2.24, 2.45) is 11.8 Å². The number of carbonyl (C=O) groups excluding carboxylic acids is 2. The number of hydrogen-bond donors (Lipinski definition) is 1. The van der Waals surface area contributed by atoms with E-state index in [1.54, 1.807) is 43.3 Å². The Morgan fingerprint density at radius 3 is 2.48 bits per heavy atom. The van der Waals surface area contributed by atoms with E-state index in [1.807, 2.05) is 6.07 Å². The Bertz CT molecular complexity index is 670. The summed E-state index contributed by atoms with van der Waals surface area (Å²) in [6.07, 6.45) is 3.53. The average Bonchev–Trinajstić information content (AvgIpc) is 3.06. The lowest BCUT2D eigenvalue weighted by Crippen LogP contribution is -2.43. The number of nitrogens with zero attached hydrogens (tertiary/aromatic N) is 1. The van der Waals surface area contributed by atoms with Crippen LogP contribution in [0.5, 0.6) is 0 Å². The van der Waals surface area contributed by atoms with Crippen LogP contribution in [-0.2, 0) is 14.3 Å². The third-order valence-electron chi connectivity index (χ3n) is 4.82. The molecule has 5 heteroatoms. The Hall–Kier alpha value is -1.98. The van der Waals surface area contributed by atoms with Crippen LogP contribution in [0, 0.1) is 11.8 Å². The summed E-state index contributed by atoms with van der Waals surface area (Å²) in [5.41, 5.74) is -1.31. The summed E-state index contributed by atoms with van der Waals surface area (Å²) in [6, 6.07) is 8.88. The molecular weight excluding hydrogens is 270 g/mol. The Morgan fingerprint density at radius 2 is 1.81 bits per heavy atom. The highest BCUT2D eigenvalue weighted by atomic mass is 16.5. The number of anilines is 1. The van der Waals surface area contributed by atoms with Crippen LogP contribution in [0.3, 0.4) is 0 Å². The second-order valence-corrected chi connectivity index (χ2v) is 6.04. The van der Waals surface area contributed by atoms with Crippen molar-refractivity contribution in [1.82, 2.24) is 0 Å². The van der Waals surface area contributed by atoms with Gasteiger partial charge in [-0.3, -0.25) is 9.59 Å². The number of ether oxygens (including phenoxy) is 1. The molecule has 2 saturated heterocycles. The van der Waals surface area contributed by atoms with Crippen LogP contribution in [0.15, 0.2) is 42.5 Å². The number of aliphatic hydroxyl groups excluding tert-OH is 1. The zero-order valence-corrected chi connectivity index (χ0v) is 11.5. The molecular formula is C16H15NO4. The average molecular weight is 285 g/mol. The van der Waals surface area contributed by atoms with Crippen LogP contribution in [0.4, 0.5) is 5.69 Å². The van der Waals surface area contributed by atoms with Crippen LogP contribution < -0.4 is 4.90 Å². The quantitative estimate of drug-likeness (QED) is 0.647. The fourth-order valence-corrected chi connectivity index (χ4v) is 3.87. The molecule has 3 aliphatic heterocycles. The summed E-state index contributed by atoms with van der Waals surface area (Å²) in [7, 11) is 0. The van der Waals surface area contributed by atoms with Gasteiger partial charge >= 0.3 is 0 Å². The minimum atomic E-state index is -1.06. The normalized spacial score (nSPS) is 40.2. The minimum Gasteiger partial charge on any atom is -0.393 e. The first kappa shape index (κ1) is 12.7. The molecule has 4 rings (SSSR count). The second kappa shape index (κ2) is 3.81. The van der Waals surface area contributed by atoms with Crippen molar-refractivity contribution in [3.8, 4) is 0 Å². The van der Waals surface area contributed by atoms with E-state index in [1.165, 1.54) is 4.90 Å². The number of benzene rings is 1. The summed E-state index contributed by atoms with van der Waals surface area (Å²) < 4.78 is 5.86. The molecule has 4 atom stereocenters. The van der Waals surface area contributed by atoms with E-state index in [4.69, 9.17) is 4.74 Å².